The summed E-state index contributed by atoms with van der Waals surface area (Å²) in [5.41, 5.74) is 0.759. The molecule has 1 heteroatoms. The number of rotatable bonds is 0. The highest BCUT2D eigenvalue weighted by Gasteiger charge is 2.52. The van der Waals surface area contributed by atoms with E-state index in [4.69, 9.17) is 0 Å². The van der Waals surface area contributed by atoms with Crippen LogP contribution in [-0.2, 0) is 0 Å². The third kappa shape index (κ3) is 1.25. The second kappa shape index (κ2) is 2.89. The monoisotopic (exact) mass is 200 g/mol. The summed E-state index contributed by atoms with van der Waals surface area (Å²) in [6.07, 6.45) is 7.85. The highest BCUT2D eigenvalue weighted by atomic mass is 35.5. The van der Waals surface area contributed by atoms with Crippen molar-refractivity contribution in [2.45, 2.75) is 46.0 Å². The summed E-state index contributed by atoms with van der Waals surface area (Å²) in [5.74, 6) is 4.40. The summed E-state index contributed by atoms with van der Waals surface area (Å²) < 4.78 is 0. The molecule has 4 rings (SSSR count). The molecule has 76 valence electrons. The van der Waals surface area contributed by atoms with Crippen LogP contribution in [0.2, 0.25) is 0 Å². The Labute approximate surface area is 87.9 Å². The van der Waals surface area contributed by atoms with Gasteiger partial charge in [0.05, 0.1) is 0 Å². The van der Waals surface area contributed by atoms with Crippen molar-refractivity contribution in [3.63, 3.8) is 0 Å². The van der Waals surface area contributed by atoms with Crippen molar-refractivity contribution in [1.82, 2.24) is 0 Å². The normalized spacial score (nSPS) is 57.7. The molecule has 0 aliphatic heterocycles. The van der Waals surface area contributed by atoms with Crippen LogP contribution >= 0.6 is 12.4 Å². The molecule has 4 aliphatic carbocycles. The Morgan fingerprint density at radius 2 is 1.54 bits per heavy atom. The van der Waals surface area contributed by atoms with Crippen molar-refractivity contribution in [2.24, 2.45) is 29.1 Å². The topological polar surface area (TPSA) is 0 Å². The van der Waals surface area contributed by atoms with Gasteiger partial charge in [0.1, 0.15) is 0 Å². The van der Waals surface area contributed by atoms with Gasteiger partial charge in [0.25, 0.3) is 0 Å². The van der Waals surface area contributed by atoms with Crippen molar-refractivity contribution in [3.8, 4) is 0 Å². The van der Waals surface area contributed by atoms with Crippen LogP contribution in [0.3, 0.4) is 0 Å². The van der Waals surface area contributed by atoms with Gasteiger partial charge in [-0.3, -0.25) is 0 Å². The van der Waals surface area contributed by atoms with Crippen LogP contribution in [0.25, 0.3) is 0 Å². The zero-order chi connectivity index (χ0) is 8.34. The fraction of sp³-hybridized carbons (Fsp3) is 1.00. The third-order valence-electron chi connectivity index (χ3n) is 5.26. The molecule has 0 nitrogen and oxygen atoms in total. The van der Waals surface area contributed by atoms with Crippen molar-refractivity contribution in [3.05, 3.63) is 0 Å². The summed E-state index contributed by atoms with van der Waals surface area (Å²) >= 11 is 0. The lowest BCUT2D eigenvalue weighted by Gasteiger charge is -2.59. The van der Waals surface area contributed by atoms with Crippen molar-refractivity contribution >= 4 is 12.4 Å². The predicted molar refractivity (Wildman–Crippen MR) is 58.1 cm³/mol. The van der Waals surface area contributed by atoms with E-state index in [0.29, 0.717) is 0 Å². The highest BCUT2D eigenvalue weighted by Crippen LogP contribution is 2.62. The maximum atomic E-state index is 2.56. The molecular weight excluding hydrogens is 180 g/mol. The molecule has 0 saturated heterocycles. The fourth-order valence-corrected chi connectivity index (χ4v) is 4.70. The van der Waals surface area contributed by atoms with Crippen LogP contribution in [-0.4, -0.2) is 0 Å². The Hall–Kier alpha value is 0.290. The SMILES string of the molecule is CC1C2CC3CC(C2)CC1(C)C3.Cl. The molecule has 13 heavy (non-hydrogen) atoms. The minimum atomic E-state index is 0. The van der Waals surface area contributed by atoms with Crippen LogP contribution in [0.5, 0.6) is 0 Å². The summed E-state index contributed by atoms with van der Waals surface area (Å²) in [6.45, 7) is 5.07. The van der Waals surface area contributed by atoms with Crippen LogP contribution < -0.4 is 0 Å². The lowest BCUT2D eigenvalue weighted by Crippen LogP contribution is -2.50. The first-order valence-electron chi connectivity index (χ1n) is 5.67. The average molecular weight is 201 g/mol. The highest BCUT2D eigenvalue weighted by molar-refractivity contribution is 5.85. The second-order valence-corrected chi connectivity index (χ2v) is 6.05. The van der Waals surface area contributed by atoms with Gasteiger partial charge >= 0.3 is 0 Å². The van der Waals surface area contributed by atoms with Gasteiger partial charge in [-0.2, -0.15) is 0 Å². The molecule has 0 heterocycles. The summed E-state index contributed by atoms with van der Waals surface area (Å²) in [4.78, 5) is 0. The Kier molecular flexibility index (Phi) is 2.18. The molecule has 3 atom stereocenters. The minimum absolute atomic E-state index is 0. The van der Waals surface area contributed by atoms with Gasteiger partial charge in [-0.15, -0.1) is 12.4 Å². The van der Waals surface area contributed by atoms with Crippen LogP contribution in [0.15, 0.2) is 0 Å². The van der Waals surface area contributed by atoms with E-state index in [0.717, 1.165) is 29.1 Å². The number of halogens is 1. The van der Waals surface area contributed by atoms with E-state index in [-0.39, 0.29) is 12.4 Å². The molecule has 4 bridgehead atoms. The maximum Gasteiger partial charge on any atom is -0.0292 e. The molecule has 0 radical (unpaired) electrons. The van der Waals surface area contributed by atoms with E-state index in [1.54, 1.807) is 32.1 Å². The molecule has 4 saturated carbocycles. The first kappa shape index (κ1) is 9.83. The molecule has 4 aliphatic rings. The largest absolute Gasteiger partial charge is 0.147 e. The number of hydrogen-bond acceptors (Lipinski definition) is 0. The zero-order valence-corrected chi connectivity index (χ0v) is 9.57. The van der Waals surface area contributed by atoms with E-state index in [1.165, 1.54) is 0 Å². The third-order valence-corrected chi connectivity index (χ3v) is 5.26. The second-order valence-electron chi connectivity index (χ2n) is 6.05. The van der Waals surface area contributed by atoms with Crippen molar-refractivity contribution in [1.29, 1.82) is 0 Å². The van der Waals surface area contributed by atoms with E-state index >= 15 is 0 Å². The molecule has 0 aromatic carbocycles. The van der Waals surface area contributed by atoms with Gasteiger partial charge in [-0.05, 0) is 61.2 Å². The Bertz CT molecular complexity index is 197. The number of hydrogen-bond donors (Lipinski definition) is 0. The first-order valence-corrected chi connectivity index (χ1v) is 5.67. The van der Waals surface area contributed by atoms with Crippen LogP contribution in [0.4, 0.5) is 0 Å². The van der Waals surface area contributed by atoms with E-state index < -0.39 is 0 Å². The minimum Gasteiger partial charge on any atom is -0.147 e. The predicted octanol–water partition coefficient (Wildman–Crippen LogP) is 3.89. The molecule has 3 unspecified atom stereocenters. The Balaban J connectivity index is 0.000000653. The van der Waals surface area contributed by atoms with Crippen LogP contribution in [0, 0.1) is 29.1 Å². The Morgan fingerprint density at radius 1 is 1.00 bits per heavy atom. The standard InChI is InChI=1S/C12H20.ClH/c1-8-11-4-9-3-10(5-11)7-12(8,2)6-9;/h8-11H,3-7H2,1-2H3;1H. The lowest BCUT2D eigenvalue weighted by atomic mass is 9.46. The quantitative estimate of drug-likeness (QED) is 0.557. The van der Waals surface area contributed by atoms with E-state index in [9.17, 15) is 0 Å². The van der Waals surface area contributed by atoms with Gasteiger partial charge in [0, 0.05) is 0 Å². The molecule has 4 fully saturated rings. The maximum absolute atomic E-state index is 2.56. The van der Waals surface area contributed by atoms with Gasteiger partial charge in [-0.25, -0.2) is 0 Å². The van der Waals surface area contributed by atoms with E-state index in [1.807, 2.05) is 0 Å². The molecule has 0 N–H and O–H groups in total. The molecule has 0 aromatic rings. The van der Waals surface area contributed by atoms with Crippen molar-refractivity contribution < 1.29 is 0 Å². The fourth-order valence-electron chi connectivity index (χ4n) is 4.70. The Morgan fingerprint density at radius 3 is 2.00 bits per heavy atom. The van der Waals surface area contributed by atoms with Gasteiger partial charge in [-0.1, -0.05) is 13.8 Å². The first-order chi connectivity index (χ1) is 5.67. The molecule has 0 amide bonds. The summed E-state index contributed by atoms with van der Waals surface area (Å²) in [5, 5.41) is 0. The smallest absolute Gasteiger partial charge is 0.0292 e. The summed E-state index contributed by atoms with van der Waals surface area (Å²) in [7, 11) is 0. The average Bonchev–Trinajstić information content (AvgIpc) is 1.98. The zero-order valence-electron chi connectivity index (χ0n) is 8.75. The van der Waals surface area contributed by atoms with Gasteiger partial charge in [0.15, 0.2) is 0 Å². The van der Waals surface area contributed by atoms with Crippen molar-refractivity contribution in [2.75, 3.05) is 0 Å². The lowest BCUT2D eigenvalue weighted by molar-refractivity contribution is -0.0906. The summed E-state index contributed by atoms with van der Waals surface area (Å²) in [6, 6.07) is 0. The molecule has 0 aromatic heterocycles. The van der Waals surface area contributed by atoms with Gasteiger partial charge in [0.2, 0.25) is 0 Å². The van der Waals surface area contributed by atoms with Gasteiger partial charge < -0.3 is 0 Å². The molecule has 0 spiro atoms. The van der Waals surface area contributed by atoms with E-state index in [2.05, 4.69) is 13.8 Å². The van der Waals surface area contributed by atoms with Crippen LogP contribution in [0.1, 0.15) is 46.0 Å². The molecular formula is C12H21Cl.